The van der Waals surface area contributed by atoms with E-state index in [-0.39, 0.29) is 0 Å². The summed E-state index contributed by atoms with van der Waals surface area (Å²) in [5, 5.41) is 8.66. The molecule has 1 aliphatic rings. The van der Waals surface area contributed by atoms with Gasteiger partial charge in [0.25, 0.3) is 0 Å². The van der Waals surface area contributed by atoms with Crippen molar-refractivity contribution in [2.24, 2.45) is 5.41 Å². The van der Waals surface area contributed by atoms with Crippen LogP contribution in [0.4, 0.5) is 0 Å². The molecule has 1 aliphatic carbocycles. The topological polar surface area (TPSA) is 37.3 Å². The van der Waals surface area contributed by atoms with Crippen LogP contribution in [0.15, 0.2) is 0 Å². The molecule has 1 unspecified atom stereocenters. The number of halogens is 2. The highest BCUT2D eigenvalue weighted by atomic mass is 35.5. The lowest BCUT2D eigenvalue weighted by atomic mass is 9.69. The molecule has 0 spiro atoms. The minimum Gasteiger partial charge on any atom is -0.481 e. The van der Waals surface area contributed by atoms with Gasteiger partial charge in [0.15, 0.2) is 0 Å². The second-order valence-electron chi connectivity index (χ2n) is 2.84. The Kier molecular flexibility index (Phi) is 1.64. The molecule has 0 aliphatic heterocycles. The first-order valence-corrected chi connectivity index (χ1v) is 3.77. The van der Waals surface area contributed by atoms with Gasteiger partial charge in [0, 0.05) is 0 Å². The van der Waals surface area contributed by atoms with E-state index in [1.54, 1.807) is 6.92 Å². The van der Waals surface area contributed by atoms with E-state index in [4.69, 9.17) is 28.3 Å². The van der Waals surface area contributed by atoms with Crippen LogP contribution in [0, 0.1) is 5.41 Å². The van der Waals surface area contributed by atoms with Gasteiger partial charge in [0.2, 0.25) is 0 Å². The van der Waals surface area contributed by atoms with Crippen molar-refractivity contribution in [3.8, 4) is 0 Å². The molecule has 1 N–H and O–H groups in total. The minimum absolute atomic E-state index is 0.565. The minimum atomic E-state index is -1.06. The average Bonchev–Trinajstić information content (AvgIpc) is 1.83. The summed E-state index contributed by atoms with van der Waals surface area (Å²) < 4.78 is -1.06. The predicted octanol–water partition coefficient (Wildman–Crippen LogP) is 2.04. The van der Waals surface area contributed by atoms with Crippen LogP contribution in [0.1, 0.15) is 19.8 Å². The normalized spacial score (nSPS) is 36.7. The Hall–Kier alpha value is 0.0500. The second kappa shape index (κ2) is 2.02. The van der Waals surface area contributed by atoms with Crippen molar-refractivity contribution in [1.82, 2.24) is 0 Å². The summed E-state index contributed by atoms with van der Waals surface area (Å²) in [4.78, 5) is 10.6. The maximum Gasteiger partial charge on any atom is 0.312 e. The molecular formula is C6H8Cl2O2. The van der Waals surface area contributed by atoms with Crippen LogP contribution < -0.4 is 0 Å². The van der Waals surface area contributed by atoms with Gasteiger partial charge in [-0.25, -0.2) is 0 Å². The number of rotatable bonds is 1. The highest BCUT2D eigenvalue weighted by molar-refractivity contribution is 6.50. The predicted molar refractivity (Wildman–Crippen MR) is 39.4 cm³/mol. The Bertz CT molecular complexity index is 179. The number of carboxylic acid groups (broad SMARTS) is 1. The summed E-state index contributed by atoms with van der Waals surface area (Å²) in [6.45, 7) is 1.57. The molecule has 1 fully saturated rings. The molecule has 1 atom stereocenters. The maximum absolute atomic E-state index is 10.6. The lowest BCUT2D eigenvalue weighted by Gasteiger charge is -2.46. The van der Waals surface area contributed by atoms with E-state index in [9.17, 15) is 4.79 Å². The van der Waals surface area contributed by atoms with E-state index < -0.39 is 15.7 Å². The van der Waals surface area contributed by atoms with Gasteiger partial charge in [-0.05, 0) is 19.8 Å². The molecule has 0 aromatic heterocycles. The van der Waals surface area contributed by atoms with Crippen molar-refractivity contribution in [2.45, 2.75) is 24.1 Å². The van der Waals surface area contributed by atoms with E-state index in [0.29, 0.717) is 12.8 Å². The van der Waals surface area contributed by atoms with Crippen LogP contribution in [0.5, 0.6) is 0 Å². The van der Waals surface area contributed by atoms with Crippen LogP contribution in [0.2, 0.25) is 0 Å². The molecular weight excluding hydrogens is 175 g/mol. The smallest absolute Gasteiger partial charge is 0.312 e. The van der Waals surface area contributed by atoms with Crippen molar-refractivity contribution in [1.29, 1.82) is 0 Å². The zero-order valence-electron chi connectivity index (χ0n) is 5.53. The molecule has 58 valence electrons. The first-order valence-electron chi connectivity index (χ1n) is 3.01. The standard InChI is InChI=1S/C6H8Cl2O2/c1-5(4(9)10)2-3-6(5,7)8/h2-3H2,1H3,(H,9,10). The maximum atomic E-state index is 10.6. The first kappa shape index (κ1) is 8.15. The third kappa shape index (κ3) is 0.823. The summed E-state index contributed by atoms with van der Waals surface area (Å²) in [6, 6.07) is 0. The number of aliphatic carboxylic acids is 1. The summed E-state index contributed by atoms with van der Waals surface area (Å²) in [6.07, 6.45) is 1.13. The Labute approximate surface area is 69.1 Å². The third-order valence-corrected chi connectivity index (χ3v) is 3.43. The molecule has 10 heavy (non-hydrogen) atoms. The highest BCUT2D eigenvalue weighted by Crippen LogP contribution is 2.57. The van der Waals surface area contributed by atoms with E-state index in [1.807, 2.05) is 0 Å². The molecule has 4 heteroatoms. The quantitative estimate of drug-likeness (QED) is 0.631. The van der Waals surface area contributed by atoms with Gasteiger partial charge in [-0.1, -0.05) is 0 Å². The van der Waals surface area contributed by atoms with Crippen molar-refractivity contribution in [3.63, 3.8) is 0 Å². The largest absolute Gasteiger partial charge is 0.481 e. The zero-order valence-corrected chi connectivity index (χ0v) is 7.04. The molecule has 0 heterocycles. The van der Waals surface area contributed by atoms with E-state index in [2.05, 4.69) is 0 Å². The van der Waals surface area contributed by atoms with Crippen LogP contribution in [-0.4, -0.2) is 15.4 Å². The molecule has 0 aromatic carbocycles. The van der Waals surface area contributed by atoms with Crippen LogP contribution in [-0.2, 0) is 4.79 Å². The molecule has 0 saturated heterocycles. The molecule has 0 aromatic rings. The van der Waals surface area contributed by atoms with E-state index in [0.717, 1.165) is 0 Å². The number of hydrogen-bond acceptors (Lipinski definition) is 1. The SMILES string of the molecule is CC1(C(=O)O)CCC1(Cl)Cl. The molecule has 1 rings (SSSR count). The summed E-state index contributed by atoms with van der Waals surface area (Å²) in [5.74, 6) is -0.913. The van der Waals surface area contributed by atoms with Crippen molar-refractivity contribution >= 4 is 29.2 Å². The Morgan fingerprint density at radius 1 is 1.50 bits per heavy atom. The Balaban J connectivity index is 2.81. The van der Waals surface area contributed by atoms with Crippen molar-refractivity contribution in [3.05, 3.63) is 0 Å². The first-order chi connectivity index (χ1) is 4.40. The van der Waals surface area contributed by atoms with Crippen LogP contribution >= 0.6 is 23.2 Å². The van der Waals surface area contributed by atoms with Crippen LogP contribution in [0.25, 0.3) is 0 Å². The average molecular weight is 183 g/mol. The number of hydrogen-bond donors (Lipinski definition) is 1. The van der Waals surface area contributed by atoms with E-state index in [1.165, 1.54) is 0 Å². The zero-order chi connectivity index (χ0) is 7.99. The molecule has 0 bridgehead atoms. The third-order valence-electron chi connectivity index (χ3n) is 2.22. The fourth-order valence-corrected chi connectivity index (χ4v) is 1.49. The highest BCUT2D eigenvalue weighted by Gasteiger charge is 2.59. The summed E-state index contributed by atoms with van der Waals surface area (Å²) >= 11 is 11.4. The van der Waals surface area contributed by atoms with Crippen molar-refractivity contribution < 1.29 is 9.90 Å². The van der Waals surface area contributed by atoms with Gasteiger partial charge < -0.3 is 5.11 Å². The second-order valence-corrected chi connectivity index (χ2v) is 4.33. The van der Waals surface area contributed by atoms with Gasteiger partial charge in [-0.15, -0.1) is 23.2 Å². The van der Waals surface area contributed by atoms with Gasteiger partial charge in [0.1, 0.15) is 4.33 Å². The molecule has 0 amide bonds. The van der Waals surface area contributed by atoms with Gasteiger partial charge in [0.05, 0.1) is 5.41 Å². The fraction of sp³-hybridized carbons (Fsp3) is 0.833. The van der Waals surface area contributed by atoms with Gasteiger partial charge >= 0.3 is 5.97 Å². The lowest BCUT2D eigenvalue weighted by Crippen LogP contribution is -2.52. The number of alkyl halides is 2. The Morgan fingerprint density at radius 3 is 2.00 bits per heavy atom. The Morgan fingerprint density at radius 2 is 2.00 bits per heavy atom. The molecule has 2 nitrogen and oxygen atoms in total. The molecule has 0 radical (unpaired) electrons. The number of carboxylic acids is 1. The van der Waals surface area contributed by atoms with Crippen LogP contribution in [0.3, 0.4) is 0 Å². The summed E-state index contributed by atoms with van der Waals surface area (Å²) in [7, 11) is 0. The lowest BCUT2D eigenvalue weighted by molar-refractivity contribution is -0.153. The van der Waals surface area contributed by atoms with Crippen molar-refractivity contribution in [2.75, 3.05) is 0 Å². The fourth-order valence-electron chi connectivity index (χ4n) is 0.952. The molecule has 1 saturated carbocycles. The van der Waals surface area contributed by atoms with E-state index >= 15 is 0 Å². The van der Waals surface area contributed by atoms with Gasteiger partial charge in [-0.3, -0.25) is 4.79 Å². The monoisotopic (exact) mass is 182 g/mol. The summed E-state index contributed by atoms with van der Waals surface area (Å²) in [5.41, 5.74) is -0.934. The van der Waals surface area contributed by atoms with Gasteiger partial charge in [-0.2, -0.15) is 0 Å². The number of carbonyl (C=O) groups is 1.